The molecular formula is C10H14O4. The summed E-state index contributed by atoms with van der Waals surface area (Å²) >= 11 is 0. The fraction of sp³-hybridized carbons (Fsp3) is 0.600. The number of esters is 1. The fourth-order valence-electron chi connectivity index (χ4n) is 1.13. The number of ether oxygens (including phenoxy) is 2. The molecule has 4 heteroatoms. The summed E-state index contributed by atoms with van der Waals surface area (Å²) in [5.74, 6) is -2.00. The van der Waals surface area contributed by atoms with Gasteiger partial charge in [-0.25, -0.2) is 4.79 Å². The zero-order chi connectivity index (χ0) is 10.9. The highest BCUT2D eigenvalue weighted by Crippen LogP contribution is 2.28. The molecule has 2 atom stereocenters. The van der Waals surface area contributed by atoms with Crippen molar-refractivity contribution in [3.63, 3.8) is 0 Å². The van der Waals surface area contributed by atoms with Gasteiger partial charge < -0.3 is 9.47 Å². The molecule has 1 rings (SSSR count). The maximum Gasteiger partial charge on any atom is 0.346 e. The Bertz CT molecular complexity index is 294. The lowest BCUT2D eigenvalue weighted by atomic mass is 10.1. The average Bonchev–Trinajstić information content (AvgIpc) is 2.41. The van der Waals surface area contributed by atoms with Crippen LogP contribution in [0.25, 0.3) is 0 Å². The Labute approximate surface area is 82.9 Å². The van der Waals surface area contributed by atoms with Crippen LogP contribution in [-0.2, 0) is 19.1 Å². The van der Waals surface area contributed by atoms with Gasteiger partial charge in [-0.05, 0) is 12.5 Å². The van der Waals surface area contributed by atoms with Crippen molar-refractivity contribution in [2.45, 2.75) is 39.1 Å². The molecule has 1 aliphatic heterocycles. The van der Waals surface area contributed by atoms with Crippen LogP contribution in [-0.4, -0.2) is 23.6 Å². The molecule has 1 heterocycles. The van der Waals surface area contributed by atoms with E-state index in [9.17, 15) is 9.59 Å². The van der Waals surface area contributed by atoms with Crippen LogP contribution >= 0.6 is 0 Å². The van der Waals surface area contributed by atoms with E-state index in [0.717, 1.165) is 0 Å². The molecule has 0 spiro atoms. The van der Waals surface area contributed by atoms with E-state index in [1.165, 1.54) is 0 Å². The minimum atomic E-state index is -1.13. The topological polar surface area (TPSA) is 52.6 Å². The maximum absolute atomic E-state index is 11.4. The molecular weight excluding hydrogens is 184 g/mol. The summed E-state index contributed by atoms with van der Waals surface area (Å²) in [5.41, 5.74) is 0.298. The zero-order valence-corrected chi connectivity index (χ0v) is 8.62. The molecule has 0 aromatic carbocycles. The lowest BCUT2D eigenvalue weighted by molar-refractivity contribution is -0.170. The quantitative estimate of drug-likeness (QED) is 0.388. The van der Waals surface area contributed by atoms with Gasteiger partial charge in [0.1, 0.15) is 0 Å². The number of Topliss-reactive ketones (excluding diaryl/α,β-unsaturated/α-hetero) is 1. The Hall–Kier alpha value is -1.16. The van der Waals surface area contributed by atoms with Crippen molar-refractivity contribution in [1.29, 1.82) is 0 Å². The molecule has 0 aromatic heterocycles. The van der Waals surface area contributed by atoms with Crippen LogP contribution in [0.2, 0.25) is 0 Å². The highest BCUT2D eigenvalue weighted by Gasteiger charge is 2.46. The number of ketones is 1. The minimum Gasteiger partial charge on any atom is -0.431 e. The standard InChI is InChI=1S/C10H14O4/c1-5-10(4)13-8(9(12)14-10)7(11)6(2)3/h8H,2,5H2,1,3-4H3. The maximum atomic E-state index is 11.4. The van der Waals surface area contributed by atoms with Gasteiger partial charge in [0.15, 0.2) is 5.78 Å². The monoisotopic (exact) mass is 198 g/mol. The molecule has 1 aliphatic rings. The molecule has 0 aliphatic carbocycles. The molecule has 0 bridgehead atoms. The van der Waals surface area contributed by atoms with Crippen LogP contribution in [0.3, 0.4) is 0 Å². The van der Waals surface area contributed by atoms with Crippen molar-refractivity contribution in [1.82, 2.24) is 0 Å². The lowest BCUT2D eigenvalue weighted by Gasteiger charge is -2.19. The van der Waals surface area contributed by atoms with Crippen LogP contribution in [0.5, 0.6) is 0 Å². The molecule has 1 fully saturated rings. The summed E-state index contributed by atoms with van der Waals surface area (Å²) in [7, 11) is 0. The van der Waals surface area contributed by atoms with Gasteiger partial charge in [0, 0.05) is 13.3 Å². The second kappa shape index (κ2) is 3.53. The van der Waals surface area contributed by atoms with Gasteiger partial charge in [-0.15, -0.1) is 0 Å². The molecule has 0 radical (unpaired) electrons. The minimum absolute atomic E-state index is 0.298. The lowest BCUT2D eigenvalue weighted by Crippen LogP contribution is -2.30. The normalized spacial score (nSPS) is 31.4. The number of hydrogen-bond acceptors (Lipinski definition) is 4. The molecule has 78 valence electrons. The molecule has 0 saturated carbocycles. The largest absolute Gasteiger partial charge is 0.431 e. The first-order chi connectivity index (χ1) is 6.39. The van der Waals surface area contributed by atoms with Gasteiger partial charge >= 0.3 is 5.97 Å². The Morgan fingerprint density at radius 2 is 2.21 bits per heavy atom. The molecule has 1 saturated heterocycles. The second-order valence-corrected chi connectivity index (χ2v) is 3.55. The van der Waals surface area contributed by atoms with Crippen LogP contribution in [0.4, 0.5) is 0 Å². The summed E-state index contributed by atoms with van der Waals surface area (Å²) in [6.07, 6.45) is -0.615. The summed E-state index contributed by atoms with van der Waals surface area (Å²) in [5, 5.41) is 0. The third kappa shape index (κ3) is 1.85. The molecule has 0 N–H and O–H groups in total. The van der Waals surface area contributed by atoms with Crippen molar-refractivity contribution in [3.05, 3.63) is 12.2 Å². The molecule has 0 aromatic rings. The molecule has 14 heavy (non-hydrogen) atoms. The average molecular weight is 198 g/mol. The first-order valence-electron chi connectivity index (χ1n) is 4.50. The van der Waals surface area contributed by atoms with E-state index in [-0.39, 0.29) is 0 Å². The first-order valence-corrected chi connectivity index (χ1v) is 4.50. The Morgan fingerprint density at radius 3 is 2.57 bits per heavy atom. The highest BCUT2D eigenvalue weighted by molar-refractivity contribution is 6.10. The Kier molecular flexibility index (Phi) is 2.76. The van der Waals surface area contributed by atoms with E-state index in [2.05, 4.69) is 6.58 Å². The van der Waals surface area contributed by atoms with E-state index in [4.69, 9.17) is 9.47 Å². The van der Waals surface area contributed by atoms with Gasteiger partial charge in [0.25, 0.3) is 0 Å². The van der Waals surface area contributed by atoms with Crippen LogP contribution in [0.1, 0.15) is 27.2 Å². The summed E-state index contributed by atoms with van der Waals surface area (Å²) in [6, 6.07) is 0. The predicted octanol–water partition coefficient (Wildman–Crippen LogP) is 1.20. The van der Waals surface area contributed by atoms with Gasteiger partial charge in [-0.2, -0.15) is 0 Å². The van der Waals surface area contributed by atoms with Crippen molar-refractivity contribution < 1.29 is 19.1 Å². The first kappa shape index (κ1) is 10.9. The summed E-state index contributed by atoms with van der Waals surface area (Å²) in [4.78, 5) is 22.7. The molecule has 4 nitrogen and oxygen atoms in total. The van der Waals surface area contributed by atoms with E-state index >= 15 is 0 Å². The van der Waals surface area contributed by atoms with E-state index in [1.807, 2.05) is 6.92 Å². The number of cyclic esters (lactones) is 1. The van der Waals surface area contributed by atoms with E-state index in [0.29, 0.717) is 12.0 Å². The third-order valence-electron chi connectivity index (χ3n) is 2.20. The van der Waals surface area contributed by atoms with Gasteiger partial charge in [-0.3, -0.25) is 4.79 Å². The third-order valence-corrected chi connectivity index (χ3v) is 2.20. The number of rotatable bonds is 3. The van der Waals surface area contributed by atoms with Crippen molar-refractivity contribution in [2.75, 3.05) is 0 Å². The van der Waals surface area contributed by atoms with Gasteiger partial charge in [0.2, 0.25) is 11.9 Å². The van der Waals surface area contributed by atoms with Gasteiger partial charge in [-0.1, -0.05) is 13.5 Å². The Balaban J connectivity index is 2.81. The summed E-state index contributed by atoms with van der Waals surface area (Å²) < 4.78 is 10.2. The molecule has 2 unspecified atom stereocenters. The summed E-state index contributed by atoms with van der Waals surface area (Å²) in [6.45, 7) is 8.47. The van der Waals surface area contributed by atoms with E-state index in [1.54, 1.807) is 13.8 Å². The Morgan fingerprint density at radius 1 is 1.64 bits per heavy atom. The van der Waals surface area contributed by atoms with Crippen molar-refractivity contribution >= 4 is 11.8 Å². The number of hydrogen-bond donors (Lipinski definition) is 0. The van der Waals surface area contributed by atoms with Gasteiger partial charge in [0.05, 0.1) is 0 Å². The smallest absolute Gasteiger partial charge is 0.346 e. The van der Waals surface area contributed by atoms with Crippen molar-refractivity contribution in [3.8, 4) is 0 Å². The second-order valence-electron chi connectivity index (χ2n) is 3.55. The van der Waals surface area contributed by atoms with E-state index < -0.39 is 23.6 Å². The van der Waals surface area contributed by atoms with Crippen LogP contribution < -0.4 is 0 Å². The SMILES string of the molecule is C=C(C)C(=O)C1OC(C)(CC)OC1=O. The number of carbonyl (C=O) groups excluding carboxylic acids is 2. The van der Waals surface area contributed by atoms with Crippen LogP contribution in [0.15, 0.2) is 12.2 Å². The predicted molar refractivity (Wildman–Crippen MR) is 49.5 cm³/mol. The highest BCUT2D eigenvalue weighted by atomic mass is 16.8. The number of carbonyl (C=O) groups is 2. The zero-order valence-electron chi connectivity index (χ0n) is 8.62. The van der Waals surface area contributed by atoms with Crippen LogP contribution in [0, 0.1) is 0 Å². The fourth-order valence-corrected chi connectivity index (χ4v) is 1.13. The van der Waals surface area contributed by atoms with Crippen molar-refractivity contribution in [2.24, 2.45) is 0 Å². The molecule has 0 amide bonds.